The minimum atomic E-state index is 0.522. The van der Waals surface area contributed by atoms with E-state index >= 15 is 0 Å². The van der Waals surface area contributed by atoms with Crippen molar-refractivity contribution < 1.29 is 0 Å². The van der Waals surface area contributed by atoms with Crippen molar-refractivity contribution in [1.29, 1.82) is 0 Å². The van der Waals surface area contributed by atoms with Crippen molar-refractivity contribution in [3.8, 4) is 0 Å². The average molecular weight is 155 g/mol. The zero-order valence-electron chi connectivity index (χ0n) is 7.84. The summed E-state index contributed by atoms with van der Waals surface area (Å²) >= 11 is 0. The zero-order valence-corrected chi connectivity index (χ0v) is 7.84. The molecule has 1 fully saturated rings. The maximum atomic E-state index is 5.97. The summed E-state index contributed by atoms with van der Waals surface area (Å²) in [7, 11) is 0. The van der Waals surface area contributed by atoms with Crippen LogP contribution in [-0.2, 0) is 0 Å². The SMILES string of the molecule is CC(C)CC[C@@H]1CCC[C@H]1N. The van der Waals surface area contributed by atoms with Gasteiger partial charge >= 0.3 is 0 Å². The quantitative estimate of drug-likeness (QED) is 0.666. The minimum absolute atomic E-state index is 0.522. The van der Waals surface area contributed by atoms with Crippen molar-refractivity contribution in [2.45, 2.75) is 52.0 Å². The molecule has 0 bridgehead atoms. The molecule has 0 heterocycles. The number of hydrogen-bond donors (Lipinski definition) is 1. The molecule has 0 saturated heterocycles. The Morgan fingerprint density at radius 3 is 2.55 bits per heavy atom. The molecule has 1 aliphatic rings. The molecule has 2 N–H and O–H groups in total. The van der Waals surface area contributed by atoms with Crippen molar-refractivity contribution >= 4 is 0 Å². The van der Waals surface area contributed by atoms with Gasteiger partial charge in [-0.2, -0.15) is 0 Å². The van der Waals surface area contributed by atoms with Crippen molar-refractivity contribution in [1.82, 2.24) is 0 Å². The van der Waals surface area contributed by atoms with Crippen molar-refractivity contribution in [3.63, 3.8) is 0 Å². The molecule has 0 aliphatic heterocycles. The van der Waals surface area contributed by atoms with E-state index in [-0.39, 0.29) is 0 Å². The lowest BCUT2D eigenvalue weighted by Crippen LogP contribution is -2.24. The Labute approximate surface area is 70.4 Å². The Hall–Kier alpha value is -0.0400. The summed E-state index contributed by atoms with van der Waals surface area (Å²) in [5, 5.41) is 0. The molecule has 11 heavy (non-hydrogen) atoms. The summed E-state index contributed by atoms with van der Waals surface area (Å²) in [6, 6.07) is 0.522. The van der Waals surface area contributed by atoms with E-state index in [0.29, 0.717) is 6.04 Å². The first-order valence-corrected chi connectivity index (χ1v) is 4.95. The molecule has 0 spiro atoms. The van der Waals surface area contributed by atoms with Gasteiger partial charge in [-0.1, -0.05) is 26.7 Å². The maximum Gasteiger partial charge on any atom is 0.00671 e. The second-order valence-electron chi connectivity index (χ2n) is 4.33. The minimum Gasteiger partial charge on any atom is -0.327 e. The lowest BCUT2D eigenvalue weighted by molar-refractivity contribution is 0.398. The number of rotatable bonds is 3. The van der Waals surface area contributed by atoms with Crippen LogP contribution in [0.5, 0.6) is 0 Å². The van der Waals surface area contributed by atoms with Crippen LogP contribution in [0.15, 0.2) is 0 Å². The van der Waals surface area contributed by atoms with Crippen LogP contribution in [0.3, 0.4) is 0 Å². The third kappa shape index (κ3) is 2.82. The maximum absolute atomic E-state index is 5.97. The van der Waals surface area contributed by atoms with Crippen molar-refractivity contribution in [2.24, 2.45) is 17.6 Å². The van der Waals surface area contributed by atoms with Crippen LogP contribution in [0.25, 0.3) is 0 Å². The summed E-state index contributed by atoms with van der Waals surface area (Å²) < 4.78 is 0. The molecule has 0 aromatic carbocycles. The number of nitrogens with two attached hydrogens (primary N) is 1. The van der Waals surface area contributed by atoms with E-state index in [9.17, 15) is 0 Å². The van der Waals surface area contributed by atoms with Gasteiger partial charge in [-0.25, -0.2) is 0 Å². The lowest BCUT2D eigenvalue weighted by atomic mass is 9.94. The van der Waals surface area contributed by atoms with Crippen molar-refractivity contribution in [3.05, 3.63) is 0 Å². The fourth-order valence-corrected chi connectivity index (χ4v) is 1.97. The van der Waals surface area contributed by atoms with Crippen LogP contribution in [0.4, 0.5) is 0 Å². The van der Waals surface area contributed by atoms with E-state index in [0.717, 1.165) is 11.8 Å². The first-order chi connectivity index (χ1) is 5.20. The molecule has 1 nitrogen and oxygen atoms in total. The second kappa shape index (κ2) is 4.10. The normalized spacial score (nSPS) is 31.6. The molecule has 1 heteroatoms. The molecule has 0 amide bonds. The molecular weight excluding hydrogens is 134 g/mol. The van der Waals surface area contributed by atoms with Gasteiger partial charge in [0.05, 0.1) is 0 Å². The predicted molar refractivity (Wildman–Crippen MR) is 49.4 cm³/mol. The zero-order chi connectivity index (χ0) is 8.27. The Bertz CT molecular complexity index is 109. The monoisotopic (exact) mass is 155 g/mol. The van der Waals surface area contributed by atoms with Crippen LogP contribution in [0, 0.1) is 11.8 Å². The molecule has 2 atom stereocenters. The summed E-state index contributed by atoms with van der Waals surface area (Å²) in [4.78, 5) is 0. The van der Waals surface area contributed by atoms with Gasteiger partial charge < -0.3 is 5.73 Å². The van der Waals surface area contributed by atoms with E-state index in [1.165, 1.54) is 32.1 Å². The van der Waals surface area contributed by atoms with Crippen LogP contribution in [0.1, 0.15) is 46.0 Å². The Kier molecular flexibility index (Phi) is 3.38. The highest BCUT2D eigenvalue weighted by Crippen LogP contribution is 2.28. The molecule has 0 aromatic rings. The van der Waals surface area contributed by atoms with Crippen LogP contribution >= 0.6 is 0 Å². The Morgan fingerprint density at radius 1 is 1.36 bits per heavy atom. The summed E-state index contributed by atoms with van der Waals surface area (Å²) in [5.41, 5.74) is 5.97. The largest absolute Gasteiger partial charge is 0.327 e. The molecule has 0 radical (unpaired) electrons. The lowest BCUT2D eigenvalue weighted by Gasteiger charge is -2.15. The topological polar surface area (TPSA) is 26.0 Å². The van der Waals surface area contributed by atoms with E-state index in [1.54, 1.807) is 0 Å². The molecule has 0 aromatic heterocycles. The van der Waals surface area contributed by atoms with Gasteiger partial charge in [-0.05, 0) is 31.1 Å². The van der Waals surface area contributed by atoms with Gasteiger partial charge in [0.1, 0.15) is 0 Å². The highest BCUT2D eigenvalue weighted by molar-refractivity contribution is 4.79. The van der Waals surface area contributed by atoms with Crippen LogP contribution in [0.2, 0.25) is 0 Å². The Balaban J connectivity index is 2.15. The number of hydrogen-bond acceptors (Lipinski definition) is 1. The van der Waals surface area contributed by atoms with E-state index in [4.69, 9.17) is 5.73 Å². The van der Waals surface area contributed by atoms with Gasteiger partial charge in [-0.15, -0.1) is 0 Å². The summed E-state index contributed by atoms with van der Waals surface area (Å²) in [5.74, 6) is 1.69. The first-order valence-electron chi connectivity index (χ1n) is 4.95. The third-order valence-corrected chi connectivity index (χ3v) is 2.83. The van der Waals surface area contributed by atoms with Crippen LogP contribution < -0.4 is 5.73 Å². The second-order valence-corrected chi connectivity index (χ2v) is 4.33. The molecule has 66 valence electrons. The molecular formula is C10H21N. The van der Waals surface area contributed by atoms with Crippen molar-refractivity contribution in [2.75, 3.05) is 0 Å². The smallest absolute Gasteiger partial charge is 0.00671 e. The summed E-state index contributed by atoms with van der Waals surface area (Å²) in [6.45, 7) is 4.58. The average Bonchev–Trinajstić information content (AvgIpc) is 2.31. The standard InChI is InChI=1S/C10H21N/c1-8(2)6-7-9-4-3-5-10(9)11/h8-10H,3-7,11H2,1-2H3/t9-,10+/m0/s1. The van der Waals surface area contributed by atoms with Gasteiger partial charge in [0, 0.05) is 6.04 Å². The van der Waals surface area contributed by atoms with Crippen LogP contribution in [-0.4, -0.2) is 6.04 Å². The fraction of sp³-hybridized carbons (Fsp3) is 1.00. The highest BCUT2D eigenvalue weighted by atomic mass is 14.7. The predicted octanol–water partition coefficient (Wildman–Crippen LogP) is 2.55. The van der Waals surface area contributed by atoms with Gasteiger partial charge in [0.15, 0.2) is 0 Å². The van der Waals surface area contributed by atoms with Gasteiger partial charge in [0.25, 0.3) is 0 Å². The summed E-state index contributed by atoms with van der Waals surface area (Å²) in [6.07, 6.45) is 6.73. The highest BCUT2D eigenvalue weighted by Gasteiger charge is 2.23. The van der Waals surface area contributed by atoms with Gasteiger partial charge in [-0.3, -0.25) is 0 Å². The molecule has 1 saturated carbocycles. The first kappa shape index (κ1) is 9.05. The van der Waals surface area contributed by atoms with Gasteiger partial charge in [0.2, 0.25) is 0 Å². The third-order valence-electron chi connectivity index (χ3n) is 2.83. The van der Waals surface area contributed by atoms with E-state index < -0.39 is 0 Å². The van der Waals surface area contributed by atoms with E-state index in [2.05, 4.69) is 13.8 Å². The molecule has 1 rings (SSSR count). The fourth-order valence-electron chi connectivity index (χ4n) is 1.97. The van der Waals surface area contributed by atoms with E-state index in [1.807, 2.05) is 0 Å². The molecule has 1 aliphatic carbocycles. The molecule has 0 unspecified atom stereocenters. The Morgan fingerprint density at radius 2 is 2.09 bits per heavy atom.